The van der Waals surface area contributed by atoms with E-state index in [4.69, 9.17) is 10.5 Å². The van der Waals surface area contributed by atoms with Crippen molar-refractivity contribution in [1.82, 2.24) is 14.7 Å². The minimum Gasteiger partial charge on any atom is -0.383 e. The molecule has 0 amide bonds. The van der Waals surface area contributed by atoms with Crippen LogP contribution in [0.3, 0.4) is 0 Å². The molecule has 1 aromatic heterocycles. The van der Waals surface area contributed by atoms with Gasteiger partial charge in [0.1, 0.15) is 0 Å². The molecule has 5 nitrogen and oxygen atoms in total. The summed E-state index contributed by atoms with van der Waals surface area (Å²) in [7, 11) is 3.73. The summed E-state index contributed by atoms with van der Waals surface area (Å²) < 4.78 is 7.20. The van der Waals surface area contributed by atoms with E-state index in [1.807, 2.05) is 11.7 Å². The Morgan fingerprint density at radius 3 is 2.48 bits per heavy atom. The first-order valence-electron chi connectivity index (χ1n) is 8.09. The Kier molecular flexibility index (Phi) is 7.93. The molecule has 0 aliphatic carbocycles. The number of nitrogens with two attached hydrogens (primary N) is 1. The van der Waals surface area contributed by atoms with Crippen molar-refractivity contribution < 1.29 is 4.74 Å². The van der Waals surface area contributed by atoms with E-state index in [1.54, 1.807) is 7.11 Å². The Bertz CT molecular complexity index is 401. The van der Waals surface area contributed by atoms with Crippen LogP contribution in [0.2, 0.25) is 0 Å². The van der Waals surface area contributed by atoms with Gasteiger partial charge >= 0.3 is 0 Å². The second-order valence-electron chi connectivity index (χ2n) is 5.51. The van der Waals surface area contributed by atoms with Crippen molar-refractivity contribution in [3.8, 4) is 0 Å². The fourth-order valence-electron chi connectivity index (χ4n) is 3.09. The summed E-state index contributed by atoms with van der Waals surface area (Å²) in [6.07, 6.45) is 5.31. The van der Waals surface area contributed by atoms with Crippen LogP contribution in [0.5, 0.6) is 0 Å². The molecule has 1 atom stereocenters. The van der Waals surface area contributed by atoms with Gasteiger partial charge in [0.2, 0.25) is 0 Å². The number of rotatable bonds is 10. The van der Waals surface area contributed by atoms with Crippen molar-refractivity contribution in [3.05, 3.63) is 17.5 Å². The Morgan fingerprint density at radius 2 is 2.00 bits per heavy atom. The van der Waals surface area contributed by atoms with Gasteiger partial charge in [0, 0.05) is 45.0 Å². The Hall–Kier alpha value is -0.910. The first kappa shape index (κ1) is 18.1. The predicted molar refractivity (Wildman–Crippen MR) is 87.3 cm³/mol. The number of nitrogens with zero attached hydrogens (tertiary/aromatic N) is 3. The molecule has 2 N–H and O–H groups in total. The molecule has 0 spiro atoms. The van der Waals surface area contributed by atoms with Gasteiger partial charge in [0.05, 0.1) is 18.3 Å². The second-order valence-corrected chi connectivity index (χ2v) is 5.51. The van der Waals surface area contributed by atoms with Crippen LogP contribution in [-0.2, 0) is 18.2 Å². The third-order valence-electron chi connectivity index (χ3n) is 4.22. The van der Waals surface area contributed by atoms with Crippen LogP contribution in [0.4, 0.5) is 0 Å². The first-order valence-corrected chi connectivity index (χ1v) is 8.09. The molecule has 0 saturated carbocycles. The molecule has 21 heavy (non-hydrogen) atoms. The zero-order valence-corrected chi connectivity index (χ0v) is 14.3. The molecule has 0 bridgehead atoms. The predicted octanol–water partition coefficient (Wildman–Crippen LogP) is 2.12. The molecule has 0 saturated heterocycles. The fraction of sp³-hybridized carbons (Fsp3) is 0.812. The van der Waals surface area contributed by atoms with E-state index >= 15 is 0 Å². The van der Waals surface area contributed by atoms with E-state index in [9.17, 15) is 0 Å². The van der Waals surface area contributed by atoms with Crippen molar-refractivity contribution >= 4 is 0 Å². The summed E-state index contributed by atoms with van der Waals surface area (Å²) in [5.74, 6) is 0. The summed E-state index contributed by atoms with van der Waals surface area (Å²) in [6, 6.07) is 0.743. The zero-order valence-electron chi connectivity index (χ0n) is 14.3. The number of hydrogen-bond acceptors (Lipinski definition) is 4. The van der Waals surface area contributed by atoms with E-state index in [1.165, 1.54) is 5.56 Å². The maximum atomic E-state index is 6.14. The molecule has 122 valence electrons. The van der Waals surface area contributed by atoms with E-state index in [0.29, 0.717) is 12.6 Å². The second kappa shape index (κ2) is 9.18. The van der Waals surface area contributed by atoms with Crippen molar-refractivity contribution in [2.24, 2.45) is 12.8 Å². The summed E-state index contributed by atoms with van der Waals surface area (Å²) in [4.78, 5) is 2.50. The standard InChI is InChI=1S/C16H32N4O/c1-6-13(7-2)20(9-10-21-5)16(11-17)14-12-19(4)18-15(14)8-3/h12-13,16H,6-11,17H2,1-5H3. The molecular weight excluding hydrogens is 264 g/mol. The number of aryl methyl sites for hydroxylation is 2. The molecule has 0 aromatic carbocycles. The largest absolute Gasteiger partial charge is 0.383 e. The summed E-state index contributed by atoms with van der Waals surface area (Å²) in [5, 5.41) is 4.57. The average molecular weight is 296 g/mol. The molecule has 1 rings (SSSR count). The number of aromatic nitrogens is 2. The fourth-order valence-corrected chi connectivity index (χ4v) is 3.09. The molecule has 1 heterocycles. The minimum atomic E-state index is 0.216. The lowest BCUT2D eigenvalue weighted by molar-refractivity contribution is 0.0814. The van der Waals surface area contributed by atoms with E-state index in [0.717, 1.165) is 38.1 Å². The van der Waals surface area contributed by atoms with E-state index < -0.39 is 0 Å². The lowest BCUT2D eigenvalue weighted by Crippen LogP contribution is -2.43. The van der Waals surface area contributed by atoms with E-state index in [2.05, 4.69) is 37.0 Å². The third kappa shape index (κ3) is 4.53. The molecular formula is C16H32N4O. The highest BCUT2D eigenvalue weighted by atomic mass is 16.5. The van der Waals surface area contributed by atoms with Gasteiger partial charge in [-0.25, -0.2) is 0 Å². The maximum Gasteiger partial charge on any atom is 0.0670 e. The van der Waals surface area contributed by atoms with Crippen LogP contribution < -0.4 is 5.73 Å². The van der Waals surface area contributed by atoms with Gasteiger partial charge in [-0.1, -0.05) is 20.8 Å². The molecule has 0 fully saturated rings. The van der Waals surface area contributed by atoms with Gasteiger partial charge in [-0.3, -0.25) is 9.58 Å². The summed E-state index contributed by atoms with van der Waals surface area (Å²) >= 11 is 0. The molecule has 0 aliphatic heterocycles. The molecule has 5 heteroatoms. The smallest absolute Gasteiger partial charge is 0.0670 e. The van der Waals surface area contributed by atoms with E-state index in [-0.39, 0.29) is 6.04 Å². The first-order chi connectivity index (χ1) is 10.1. The van der Waals surface area contributed by atoms with Gasteiger partial charge in [0.15, 0.2) is 0 Å². The summed E-state index contributed by atoms with van der Waals surface area (Å²) in [6.45, 7) is 8.88. The third-order valence-corrected chi connectivity index (χ3v) is 4.22. The normalized spacial score (nSPS) is 13.3. The molecule has 0 aliphatic rings. The van der Waals surface area contributed by atoms with Crippen molar-refractivity contribution in [1.29, 1.82) is 0 Å². The summed E-state index contributed by atoms with van der Waals surface area (Å²) in [5.41, 5.74) is 8.56. The lowest BCUT2D eigenvalue weighted by Gasteiger charge is -2.37. The Balaban J connectivity index is 3.09. The van der Waals surface area contributed by atoms with Gasteiger partial charge in [-0.15, -0.1) is 0 Å². The highest BCUT2D eigenvalue weighted by Gasteiger charge is 2.27. The van der Waals surface area contributed by atoms with Crippen LogP contribution in [0, 0.1) is 0 Å². The maximum absolute atomic E-state index is 6.14. The number of methoxy groups -OCH3 is 1. The Morgan fingerprint density at radius 1 is 1.33 bits per heavy atom. The monoisotopic (exact) mass is 296 g/mol. The molecule has 1 unspecified atom stereocenters. The zero-order chi connectivity index (χ0) is 15.8. The van der Waals surface area contributed by atoms with Gasteiger partial charge < -0.3 is 10.5 Å². The van der Waals surface area contributed by atoms with Crippen LogP contribution in [-0.4, -0.2) is 47.5 Å². The Labute approximate surface area is 129 Å². The molecule has 0 radical (unpaired) electrons. The highest BCUT2D eigenvalue weighted by molar-refractivity contribution is 5.22. The quantitative estimate of drug-likeness (QED) is 0.718. The number of hydrogen-bond donors (Lipinski definition) is 1. The van der Waals surface area contributed by atoms with Crippen LogP contribution >= 0.6 is 0 Å². The van der Waals surface area contributed by atoms with Crippen LogP contribution in [0.1, 0.15) is 50.9 Å². The van der Waals surface area contributed by atoms with Crippen LogP contribution in [0.25, 0.3) is 0 Å². The van der Waals surface area contributed by atoms with Gasteiger partial charge in [0.25, 0.3) is 0 Å². The number of ether oxygens (including phenoxy) is 1. The topological polar surface area (TPSA) is 56.3 Å². The molecule has 1 aromatic rings. The van der Waals surface area contributed by atoms with Crippen molar-refractivity contribution in [2.75, 3.05) is 26.8 Å². The minimum absolute atomic E-state index is 0.216. The van der Waals surface area contributed by atoms with Gasteiger partial charge in [-0.05, 0) is 19.3 Å². The lowest BCUT2D eigenvalue weighted by atomic mass is 10.0. The van der Waals surface area contributed by atoms with Crippen molar-refractivity contribution in [3.63, 3.8) is 0 Å². The van der Waals surface area contributed by atoms with Crippen LogP contribution in [0.15, 0.2) is 6.20 Å². The average Bonchev–Trinajstić information content (AvgIpc) is 2.86. The SMILES string of the molecule is CCc1nn(C)cc1C(CN)N(CCOC)C(CC)CC. The van der Waals surface area contributed by atoms with Gasteiger partial charge in [-0.2, -0.15) is 5.10 Å². The van der Waals surface area contributed by atoms with Crippen molar-refractivity contribution in [2.45, 2.75) is 52.1 Å². The highest BCUT2D eigenvalue weighted by Crippen LogP contribution is 2.27.